The molecule has 1 heterocycles. The molecule has 1 aromatic heterocycles. The third kappa shape index (κ3) is 3.91. The van der Waals surface area contributed by atoms with Gasteiger partial charge in [0.2, 0.25) is 0 Å². The Hall–Kier alpha value is -2.15. The van der Waals surface area contributed by atoms with Gasteiger partial charge >= 0.3 is 6.18 Å². The molecule has 0 unspecified atom stereocenters. The lowest BCUT2D eigenvalue weighted by Gasteiger charge is -2.07. The first-order chi connectivity index (χ1) is 9.90. The van der Waals surface area contributed by atoms with Crippen LogP contribution >= 0.6 is 0 Å². The monoisotopic (exact) mass is 297 g/mol. The molecule has 0 amide bonds. The molecule has 0 aliphatic rings. The lowest BCUT2D eigenvalue weighted by molar-refractivity contribution is -0.137. The average molecular weight is 297 g/mol. The highest BCUT2D eigenvalue weighted by atomic mass is 19.4. The zero-order chi connectivity index (χ0) is 15.5. The topological polar surface area (TPSA) is 60.9 Å². The minimum Gasteiger partial charge on any atom is -0.335 e. The Bertz CT molecular complexity index is 634. The van der Waals surface area contributed by atoms with Gasteiger partial charge in [-0.3, -0.25) is 4.79 Å². The minimum atomic E-state index is -4.41. The van der Waals surface area contributed by atoms with Crippen LogP contribution < -0.4 is 5.73 Å². The van der Waals surface area contributed by atoms with E-state index in [9.17, 15) is 18.0 Å². The number of carbonyl (C=O) groups excluding carboxylic acids is 1. The summed E-state index contributed by atoms with van der Waals surface area (Å²) >= 11 is 0. The number of imidazole rings is 1. The summed E-state index contributed by atoms with van der Waals surface area (Å²) in [6, 6.07) is 4.74. The number of aromatic nitrogens is 2. The molecule has 0 aliphatic carbocycles. The molecule has 2 rings (SSSR count). The second kappa shape index (κ2) is 6.09. The molecule has 0 saturated carbocycles. The van der Waals surface area contributed by atoms with E-state index >= 15 is 0 Å². The van der Waals surface area contributed by atoms with Gasteiger partial charge < -0.3 is 10.3 Å². The first-order valence-corrected chi connectivity index (χ1v) is 6.31. The molecule has 0 atom stereocenters. The van der Waals surface area contributed by atoms with E-state index in [1.807, 2.05) is 0 Å². The first kappa shape index (κ1) is 15.2. The third-order valence-electron chi connectivity index (χ3n) is 2.93. The summed E-state index contributed by atoms with van der Waals surface area (Å²) in [4.78, 5) is 15.9. The van der Waals surface area contributed by atoms with Gasteiger partial charge in [0.25, 0.3) is 0 Å². The fourth-order valence-corrected chi connectivity index (χ4v) is 1.91. The SMILES string of the molecule is NCCn1cnc(C(=O)Cc2cccc(C(F)(F)F)c2)c1. The summed E-state index contributed by atoms with van der Waals surface area (Å²) in [6.07, 6.45) is -1.51. The van der Waals surface area contributed by atoms with Gasteiger partial charge in [-0.15, -0.1) is 0 Å². The molecule has 2 N–H and O–H groups in total. The molecule has 0 spiro atoms. The van der Waals surface area contributed by atoms with Crippen LogP contribution in [0.5, 0.6) is 0 Å². The van der Waals surface area contributed by atoms with Crippen molar-refractivity contribution in [3.05, 3.63) is 53.6 Å². The van der Waals surface area contributed by atoms with Crippen LogP contribution in [0, 0.1) is 0 Å². The molecule has 4 nitrogen and oxygen atoms in total. The van der Waals surface area contributed by atoms with Crippen molar-refractivity contribution in [1.29, 1.82) is 0 Å². The average Bonchev–Trinajstić information content (AvgIpc) is 2.87. The van der Waals surface area contributed by atoms with Crippen molar-refractivity contribution in [2.45, 2.75) is 19.1 Å². The number of halogens is 3. The number of benzene rings is 1. The van der Waals surface area contributed by atoms with Gasteiger partial charge in [0.1, 0.15) is 5.69 Å². The molecular weight excluding hydrogens is 283 g/mol. The van der Waals surface area contributed by atoms with Gasteiger partial charge in [0.05, 0.1) is 11.9 Å². The lowest BCUT2D eigenvalue weighted by Crippen LogP contribution is -2.09. The zero-order valence-corrected chi connectivity index (χ0v) is 11.1. The summed E-state index contributed by atoms with van der Waals surface area (Å²) in [5.74, 6) is -0.329. The van der Waals surface area contributed by atoms with Gasteiger partial charge in [0.15, 0.2) is 5.78 Å². The number of rotatable bonds is 5. The van der Waals surface area contributed by atoms with E-state index in [0.717, 1.165) is 12.1 Å². The number of nitrogens with zero attached hydrogens (tertiary/aromatic N) is 2. The fourth-order valence-electron chi connectivity index (χ4n) is 1.91. The van der Waals surface area contributed by atoms with Crippen LogP contribution in [0.25, 0.3) is 0 Å². The molecule has 0 fully saturated rings. The summed E-state index contributed by atoms with van der Waals surface area (Å²) in [7, 11) is 0. The Balaban J connectivity index is 2.12. The van der Waals surface area contributed by atoms with Gasteiger partial charge in [-0.25, -0.2) is 4.98 Å². The van der Waals surface area contributed by atoms with E-state index < -0.39 is 11.7 Å². The molecule has 0 aliphatic heterocycles. The normalized spacial score (nSPS) is 11.6. The molecule has 2 aromatic rings. The van der Waals surface area contributed by atoms with Crippen LogP contribution in [0.2, 0.25) is 0 Å². The number of alkyl halides is 3. The molecular formula is C14H14F3N3O. The maximum Gasteiger partial charge on any atom is 0.416 e. The number of ketones is 1. The highest BCUT2D eigenvalue weighted by Gasteiger charge is 2.30. The molecule has 1 aromatic carbocycles. The van der Waals surface area contributed by atoms with Crippen molar-refractivity contribution in [2.75, 3.05) is 6.54 Å². The minimum absolute atomic E-state index is 0.121. The van der Waals surface area contributed by atoms with Crippen LogP contribution in [-0.2, 0) is 19.1 Å². The molecule has 0 bridgehead atoms. The Morgan fingerprint density at radius 1 is 1.33 bits per heavy atom. The van der Waals surface area contributed by atoms with Crippen molar-refractivity contribution in [2.24, 2.45) is 5.73 Å². The Kier molecular flexibility index (Phi) is 4.42. The molecule has 0 saturated heterocycles. The molecule has 112 valence electrons. The number of hydrogen-bond donors (Lipinski definition) is 1. The molecule has 7 heteroatoms. The Morgan fingerprint density at radius 3 is 2.76 bits per heavy atom. The van der Waals surface area contributed by atoms with E-state index in [1.165, 1.54) is 18.5 Å². The van der Waals surface area contributed by atoms with Crippen molar-refractivity contribution >= 4 is 5.78 Å². The van der Waals surface area contributed by atoms with Crippen molar-refractivity contribution in [3.8, 4) is 0 Å². The molecule has 0 radical (unpaired) electrons. The fraction of sp³-hybridized carbons (Fsp3) is 0.286. The van der Waals surface area contributed by atoms with Gasteiger partial charge in [-0.1, -0.05) is 18.2 Å². The van der Waals surface area contributed by atoms with Crippen LogP contribution in [0.1, 0.15) is 21.6 Å². The second-order valence-corrected chi connectivity index (χ2v) is 4.58. The number of hydrogen-bond acceptors (Lipinski definition) is 3. The highest BCUT2D eigenvalue weighted by Crippen LogP contribution is 2.29. The van der Waals surface area contributed by atoms with Crippen LogP contribution in [0.3, 0.4) is 0 Å². The van der Waals surface area contributed by atoms with Gasteiger partial charge in [-0.2, -0.15) is 13.2 Å². The summed E-state index contributed by atoms with van der Waals surface area (Å²) < 4.78 is 39.5. The number of Topliss-reactive ketones (excluding diaryl/α,β-unsaturated/α-hetero) is 1. The van der Waals surface area contributed by atoms with E-state index in [1.54, 1.807) is 10.8 Å². The predicted molar refractivity (Wildman–Crippen MR) is 70.8 cm³/mol. The van der Waals surface area contributed by atoms with Crippen molar-refractivity contribution in [3.63, 3.8) is 0 Å². The maximum absolute atomic E-state index is 12.6. The third-order valence-corrected chi connectivity index (χ3v) is 2.93. The highest BCUT2D eigenvalue weighted by molar-refractivity contribution is 5.95. The summed E-state index contributed by atoms with van der Waals surface area (Å²) in [5.41, 5.74) is 5.16. The van der Waals surface area contributed by atoms with Gasteiger partial charge in [-0.05, 0) is 11.6 Å². The first-order valence-electron chi connectivity index (χ1n) is 6.31. The maximum atomic E-state index is 12.6. The van der Waals surface area contributed by atoms with Crippen LogP contribution in [0.4, 0.5) is 13.2 Å². The van der Waals surface area contributed by atoms with E-state index in [-0.39, 0.29) is 17.9 Å². The Morgan fingerprint density at radius 2 is 2.10 bits per heavy atom. The van der Waals surface area contributed by atoms with E-state index in [2.05, 4.69) is 4.98 Å². The predicted octanol–water partition coefficient (Wildman–Crippen LogP) is 2.29. The zero-order valence-electron chi connectivity index (χ0n) is 11.1. The molecule has 21 heavy (non-hydrogen) atoms. The summed E-state index contributed by atoms with van der Waals surface area (Å²) in [5, 5.41) is 0. The largest absolute Gasteiger partial charge is 0.416 e. The Labute approximate surface area is 119 Å². The van der Waals surface area contributed by atoms with Crippen molar-refractivity contribution < 1.29 is 18.0 Å². The smallest absolute Gasteiger partial charge is 0.335 e. The van der Waals surface area contributed by atoms with E-state index in [4.69, 9.17) is 5.73 Å². The summed E-state index contributed by atoms with van der Waals surface area (Å²) in [6.45, 7) is 0.946. The van der Waals surface area contributed by atoms with Crippen molar-refractivity contribution in [1.82, 2.24) is 9.55 Å². The van der Waals surface area contributed by atoms with Crippen LogP contribution in [-0.4, -0.2) is 21.9 Å². The number of nitrogens with two attached hydrogens (primary N) is 1. The van der Waals surface area contributed by atoms with E-state index in [0.29, 0.717) is 18.7 Å². The second-order valence-electron chi connectivity index (χ2n) is 4.58. The quantitative estimate of drug-likeness (QED) is 0.861. The van der Waals surface area contributed by atoms with Gasteiger partial charge in [0, 0.05) is 25.7 Å². The van der Waals surface area contributed by atoms with Crippen LogP contribution in [0.15, 0.2) is 36.8 Å². The lowest BCUT2D eigenvalue weighted by atomic mass is 10.0. The standard InChI is InChI=1S/C14H14F3N3O/c15-14(16,17)11-3-1-2-10(6-11)7-13(21)12-8-20(5-4-18)9-19-12/h1-3,6,8-9H,4-5,7,18H2. The number of carbonyl (C=O) groups is 1.